The fourth-order valence-electron chi connectivity index (χ4n) is 1.78. The summed E-state index contributed by atoms with van der Waals surface area (Å²) in [5, 5.41) is 8.50. The Morgan fingerprint density at radius 3 is 2.69 bits per heavy atom. The highest BCUT2D eigenvalue weighted by atomic mass is 16.5. The van der Waals surface area contributed by atoms with Crippen LogP contribution in [0.15, 0.2) is 0 Å². The molecule has 0 spiro atoms. The van der Waals surface area contributed by atoms with Gasteiger partial charge in [-0.15, -0.1) is 0 Å². The first-order valence-corrected chi connectivity index (χ1v) is 5.02. The number of aliphatic carboxylic acids is 1. The molecule has 0 amide bonds. The third-order valence-electron chi connectivity index (χ3n) is 2.55. The molecular weight excluding hydrogens is 168 g/mol. The van der Waals surface area contributed by atoms with Gasteiger partial charge in [0.15, 0.2) is 0 Å². The predicted octanol–water partition coefficient (Wildman–Crippen LogP) is 2.06. The van der Waals surface area contributed by atoms with E-state index in [0.717, 1.165) is 6.61 Å². The van der Waals surface area contributed by atoms with Gasteiger partial charge in [0.05, 0.1) is 12.5 Å². The molecule has 1 rings (SSSR count). The fourth-order valence-corrected chi connectivity index (χ4v) is 1.78. The summed E-state index contributed by atoms with van der Waals surface area (Å²) >= 11 is 0. The molecule has 1 N–H and O–H groups in total. The summed E-state index contributed by atoms with van der Waals surface area (Å²) in [6.45, 7) is 2.57. The number of carboxylic acids is 1. The minimum atomic E-state index is -0.779. The van der Waals surface area contributed by atoms with Crippen molar-refractivity contribution in [1.29, 1.82) is 0 Å². The average Bonchev–Trinajstić information content (AvgIpc) is 2.51. The second-order valence-electron chi connectivity index (χ2n) is 3.89. The molecule has 0 aromatic heterocycles. The SMILES string of the molecule is C[C@@H](CC(=O)O)OCC1CCCC1. The molecule has 0 heterocycles. The van der Waals surface area contributed by atoms with Gasteiger partial charge in [0.2, 0.25) is 0 Å². The molecule has 1 aliphatic carbocycles. The Labute approximate surface area is 79.1 Å². The molecule has 0 aromatic rings. The number of carbonyl (C=O) groups is 1. The smallest absolute Gasteiger partial charge is 0.305 e. The largest absolute Gasteiger partial charge is 0.481 e. The quantitative estimate of drug-likeness (QED) is 0.714. The maximum Gasteiger partial charge on any atom is 0.305 e. The summed E-state index contributed by atoms with van der Waals surface area (Å²) in [5.41, 5.74) is 0. The molecule has 0 unspecified atom stereocenters. The highest BCUT2D eigenvalue weighted by Gasteiger charge is 2.16. The average molecular weight is 186 g/mol. The molecular formula is C10H18O3. The standard InChI is InChI=1S/C10H18O3/c1-8(6-10(11)12)13-7-9-4-2-3-5-9/h8-9H,2-7H2,1H3,(H,11,12)/t8-/m0/s1. The minimum Gasteiger partial charge on any atom is -0.481 e. The number of ether oxygens (including phenoxy) is 1. The van der Waals surface area contributed by atoms with Gasteiger partial charge < -0.3 is 9.84 Å². The molecule has 0 aromatic carbocycles. The van der Waals surface area contributed by atoms with E-state index in [9.17, 15) is 4.79 Å². The van der Waals surface area contributed by atoms with Crippen molar-refractivity contribution in [2.75, 3.05) is 6.61 Å². The second kappa shape index (κ2) is 5.22. The summed E-state index contributed by atoms with van der Waals surface area (Å²) in [6.07, 6.45) is 5.09. The van der Waals surface area contributed by atoms with E-state index < -0.39 is 5.97 Å². The molecule has 1 saturated carbocycles. The lowest BCUT2D eigenvalue weighted by atomic mass is 10.1. The van der Waals surface area contributed by atoms with E-state index in [2.05, 4.69) is 0 Å². The zero-order valence-corrected chi connectivity index (χ0v) is 8.16. The Bertz CT molecular complexity index is 162. The molecule has 13 heavy (non-hydrogen) atoms. The van der Waals surface area contributed by atoms with Crippen molar-refractivity contribution < 1.29 is 14.6 Å². The van der Waals surface area contributed by atoms with Crippen LogP contribution in [0.1, 0.15) is 39.0 Å². The van der Waals surface area contributed by atoms with Crippen LogP contribution in [-0.4, -0.2) is 23.8 Å². The summed E-state index contributed by atoms with van der Waals surface area (Å²) in [4.78, 5) is 10.3. The predicted molar refractivity (Wildman–Crippen MR) is 49.6 cm³/mol. The van der Waals surface area contributed by atoms with Crippen LogP contribution in [0.5, 0.6) is 0 Å². The topological polar surface area (TPSA) is 46.5 Å². The highest BCUT2D eigenvalue weighted by molar-refractivity contribution is 5.67. The van der Waals surface area contributed by atoms with Gasteiger partial charge in [0, 0.05) is 6.61 Å². The first kappa shape index (κ1) is 10.5. The summed E-state index contributed by atoms with van der Waals surface area (Å²) in [7, 11) is 0. The zero-order chi connectivity index (χ0) is 9.68. The van der Waals surface area contributed by atoms with E-state index in [1.54, 1.807) is 0 Å². The van der Waals surface area contributed by atoms with Crippen molar-refractivity contribution in [3.8, 4) is 0 Å². The molecule has 1 atom stereocenters. The number of hydrogen-bond donors (Lipinski definition) is 1. The van der Waals surface area contributed by atoms with E-state index in [1.807, 2.05) is 6.92 Å². The zero-order valence-electron chi connectivity index (χ0n) is 8.16. The van der Waals surface area contributed by atoms with Crippen LogP contribution >= 0.6 is 0 Å². The Morgan fingerprint density at radius 2 is 2.15 bits per heavy atom. The van der Waals surface area contributed by atoms with E-state index in [4.69, 9.17) is 9.84 Å². The molecule has 1 aliphatic rings. The molecule has 0 aliphatic heterocycles. The summed E-state index contributed by atoms with van der Waals surface area (Å²) in [6, 6.07) is 0. The third kappa shape index (κ3) is 4.27. The Morgan fingerprint density at radius 1 is 1.54 bits per heavy atom. The van der Waals surface area contributed by atoms with Crippen molar-refractivity contribution in [3.63, 3.8) is 0 Å². The summed E-state index contributed by atoms with van der Waals surface area (Å²) in [5.74, 6) is -0.102. The minimum absolute atomic E-state index is 0.118. The van der Waals surface area contributed by atoms with Crippen molar-refractivity contribution in [1.82, 2.24) is 0 Å². The van der Waals surface area contributed by atoms with Crippen LogP contribution in [0, 0.1) is 5.92 Å². The first-order valence-electron chi connectivity index (χ1n) is 5.02. The highest BCUT2D eigenvalue weighted by Crippen LogP contribution is 2.25. The van der Waals surface area contributed by atoms with Gasteiger partial charge in [-0.2, -0.15) is 0 Å². The molecule has 3 heteroatoms. The van der Waals surface area contributed by atoms with Gasteiger partial charge in [0.1, 0.15) is 0 Å². The monoisotopic (exact) mass is 186 g/mol. The van der Waals surface area contributed by atoms with Crippen molar-refractivity contribution in [2.45, 2.75) is 45.1 Å². The molecule has 76 valence electrons. The van der Waals surface area contributed by atoms with Crippen LogP contribution in [0.2, 0.25) is 0 Å². The first-order chi connectivity index (χ1) is 6.18. The van der Waals surface area contributed by atoms with Crippen LogP contribution in [0.25, 0.3) is 0 Å². The Hall–Kier alpha value is -0.570. The maximum absolute atomic E-state index is 10.3. The van der Waals surface area contributed by atoms with Gasteiger partial charge >= 0.3 is 5.97 Å². The lowest BCUT2D eigenvalue weighted by molar-refractivity contribution is -0.140. The lowest BCUT2D eigenvalue weighted by Gasteiger charge is -2.14. The van der Waals surface area contributed by atoms with Gasteiger partial charge in [0.25, 0.3) is 0 Å². The van der Waals surface area contributed by atoms with Crippen molar-refractivity contribution in [2.24, 2.45) is 5.92 Å². The Kier molecular flexibility index (Phi) is 4.22. The molecule has 0 radical (unpaired) electrons. The molecule has 3 nitrogen and oxygen atoms in total. The van der Waals surface area contributed by atoms with Crippen LogP contribution in [0.3, 0.4) is 0 Å². The summed E-state index contributed by atoms with van der Waals surface area (Å²) < 4.78 is 5.46. The van der Waals surface area contributed by atoms with Gasteiger partial charge in [-0.25, -0.2) is 0 Å². The fraction of sp³-hybridized carbons (Fsp3) is 0.900. The van der Waals surface area contributed by atoms with Gasteiger partial charge in [-0.1, -0.05) is 12.8 Å². The van der Waals surface area contributed by atoms with E-state index in [0.29, 0.717) is 5.92 Å². The lowest BCUT2D eigenvalue weighted by Crippen LogP contribution is -2.17. The third-order valence-corrected chi connectivity index (χ3v) is 2.55. The van der Waals surface area contributed by atoms with E-state index in [1.165, 1.54) is 25.7 Å². The van der Waals surface area contributed by atoms with E-state index in [-0.39, 0.29) is 12.5 Å². The molecule has 1 fully saturated rings. The van der Waals surface area contributed by atoms with Gasteiger partial charge in [-0.3, -0.25) is 4.79 Å². The normalized spacial score (nSPS) is 20.4. The van der Waals surface area contributed by atoms with E-state index >= 15 is 0 Å². The molecule has 0 saturated heterocycles. The van der Waals surface area contributed by atoms with Crippen molar-refractivity contribution in [3.05, 3.63) is 0 Å². The van der Waals surface area contributed by atoms with Crippen LogP contribution in [0.4, 0.5) is 0 Å². The molecule has 0 bridgehead atoms. The maximum atomic E-state index is 10.3. The second-order valence-corrected chi connectivity index (χ2v) is 3.89. The van der Waals surface area contributed by atoms with Crippen molar-refractivity contribution >= 4 is 5.97 Å². The van der Waals surface area contributed by atoms with Crippen LogP contribution in [-0.2, 0) is 9.53 Å². The number of carboxylic acid groups (broad SMARTS) is 1. The van der Waals surface area contributed by atoms with Gasteiger partial charge in [-0.05, 0) is 25.7 Å². The Balaban J connectivity index is 2.06. The number of hydrogen-bond acceptors (Lipinski definition) is 2. The number of rotatable bonds is 5. The van der Waals surface area contributed by atoms with Crippen LogP contribution < -0.4 is 0 Å².